The Morgan fingerprint density at radius 1 is 1.42 bits per heavy atom. The molecule has 4 nitrogen and oxygen atoms in total. The predicted molar refractivity (Wildman–Crippen MR) is 69.6 cm³/mol. The zero-order chi connectivity index (χ0) is 13.3. The van der Waals surface area contributed by atoms with Gasteiger partial charge >= 0.3 is 5.97 Å². The highest BCUT2D eigenvalue weighted by atomic mass is 16.5. The van der Waals surface area contributed by atoms with Gasteiger partial charge in [-0.2, -0.15) is 5.26 Å². The van der Waals surface area contributed by atoms with Crippen LogP contribution in [0.25, 0.3) is 6.08 Å². The Balaban J connectivity index is 1.93. The Morgan fingerprint density at radius 2 is 2.21 bits per heavy atom. The molecule has 1 heterocycles. The zero-order valence-corrected chi connectivity index (χ0v) is 10.4. The Morgan fingerprint density at radius 3 is 2.95 bits per heavy atom. The van der Waals surface area contributed by atoms with Crippen molar-refractivity contribution in [3.8, 4) is 6.07 Å². The Bertz CT molecular complexity index is 574. The number of carbonyl (C=O) groups excluding carboxylic acids is 1. The highest BCUT2D eigenvalue weighted by molar-refractivity contribution is 5.94. The van der Waals surface area contributed by atoms with E-state index >= 15 is 0 Å². The maximum absolute atomic E-state index is 11.9. The molecule has 1 aliphatic carbocycles. The summed E-state index contributed by atoms with van der Waals surface area (Å²) in [5.74, 6) is -0.373. The molecule has 2 fully saturated rings. The van der Waals surface area contributed by atoms with Crippen molar-refractivity contribution in [3.63, 3.8) is 0 Å². The van der Waals surface area contributed by atoms with E-state index in [2.05, 4.69) is 11.4 Å². The fourth-order valence-electron chi connectivity index (χ4n) is 2.73. The standard InChI is InChI=1S/C15H14N2O2/c16-10-15-8-4-7-13(15)19-14(18)12(17-15)9-11-5-2-1-3-6-11/h1-3,5-6,9,13,17H,4,7-8H2/b12-9+/t13-,15-/m0/s1. The van der Waals surface area contributed by atoms with E-state index in [-0.39, 0.29) is 12.1 Å². The minimum absolute atomic E-state index is 0.321. The molecule has 2 atom stereocenters. The second kappa shape index (κ2) is 4.43. The van der Waals surface area contributed by atoms with Gasteiger partial charge in [0.2, 0.25) is 0 Å². The quantitative estimate of drug-likeness (QED) is 0.615. The molecule has 96 valence electrons. The average molecular weight is 254 g/mol. The van der Waals surface area contributed by atoms with Crippen LogP contribution in [0.15, 0.2) is 36.0 Å². The number of hydrogen-bond acceptors (Lipinski definition) is 4. The molecule has 19 heavy (non-hydrogen) atoms. The third-order valence-corrected chi connectivity index (χ3v) is 3.72. The number of ether oxygens (including phenoxy) is 1. The third-order valence-electron chi connectivity index (χ3n) is 3.72. The number of nitrogens with zero attached hydrogens (tertiary/aromatic N) is 1. The van der Waals surface area contributed by atoms with E-state index in [9.17, 15) is 10.1 Å². The van der Waals surface area contributed by atoms with E-state index in [1.54, 1.807) is 6.08 Å². The van der Waals surface area contributed by atoms with Gasteiger partial charge in [0.1, 0.15) is 11.8 Å². The van der Waals surface area contributed by atoms with Crippen molar-refractivity contribution < 1.29 is 9.53 Å². The van der Waals surface area contributed by atoms with E-state index in [0.29, 0.717) is 12.1 Å². The first-order chi connectivity index (χ1) is 9.23. The lowest BCUT2D eigenvalue weighted by Gasteiger charge is -2.35. The molecule has 0 aromatic heterocycles. The number of morpholine rings is 1. The van der Waals surface area contributed by atoms with Crippen molar-refractivity contribution in [2.24, 2.45) is 0 Å². The summed E-state index contributed by atoms with van der Waals surface area (Å²) in [6.07, 6.45) is 3.78. The van der Waals surface area contributed by atoms with Crippen LogP contribution < -0.4 is 5.32 Å². The monoisotopic (exact) mass is 254 g/mol. The van der Waals surface area contributed by atoms with Crippen LogP contribution in [0.4, 0.5) is 0 Å². The summed E-state index contributed by atoms with van der Waals surface area (Å²) in [5.41, 5.74) is 0.534. The van der Waals surface area contributed by atoms with E-state index in [4.69, 9.17) is 4.74 Å². The van der Waals surface area contributed by atoms with Crippen molar-refractivity contribution in [1.29, 1.82) is 5.26 Å². The fraction of sp³-hybridized carbons (Fsp3) is 0.333. The number of nitrogens with one attached hydrogen (secondary N) is 1. The smallest absolute Gasteiger partial charge is 0.354 e. The fourth-order valence-corrected chi connectivity index (χ4v) is 2.73. The number of benzene rings is 1. The normalized spacial score (nSPS) is 31.2. The second-order valence-corrected chi connectivity index (χ2v) is 4.96. The minimum Gasteiger partial charge on any atom is -0.454 e. The first-order valence-corrected chi connectivity index (χ1v) is 6.41. The minimum atomic E-state index is -0.742. The largest absolute Gasteiger partial charge is 0.454 e. The first-order valence-electron chi connectivity index (χ1n) is 6.41. The Kier molecular flexibility index (Phi) is 2.75. The molecule has 3 rings (SSSR count). The van der Waals surface area contributed by atoms with Crippen molar-refractivity contribution in [2.75, 3.05) is 0 Å². The van der Waals surface area contributed by atoms with E-state index in [1.165, 1.54) is 0 Å². The molecule has 2 aliphatic rings. The highest BCUT2D eigenvalue weighted by Crippen LogP contribution is 2.36. The predicted octanol–water partition coefficient (Wildman–Crippen LogP) is 1.99. The summed E-state index contributed by atoms with van der Waals surface area (Å²) in [6, 6.07) is 11.8. The van der Waals surface area contributed by atoms with E-state index < -0.39 is 5.54 Å². The number of rotatable bonds is 1. The van der Waals surface area contributed by atoms with Gasteiger partial charge in [-0.25, -0.2) is 4.79 Å². The van der Waals surface area contributed by atoms with Gasteiger partial charge in [-0.15, -0.1) is 0 Å². The molecule has 0 bridgehead atoms. The molecule has 0 amide bonds. The van der Waals surface area contributed by atoms with Gasteiger partial charge in [0, 0.05) is 0 Å². The van der Waals surface area contributed by atoms with Crippen LogP contribution in [-0.2, 0) is 9.53 Å². The molecule has 1 saturated heterocycles. The number of hydrogen-bond donors (Lipinski definition) is 1. The topological polar surface area (TPSA) is 62.1 Å². The first kappa shape index (κ1) is 11.8. The van der Waals surface area contributed by atoms with Crippen molar-refractivity contribution >= 4 is 12.0 Å². The summed E-state index contributed by atoms with van der Waals surface area (Å²) in [6.45, 7) is 0. The summed E-state index contributed by atoms with van der Waals surface area (Å²) >= 11 is 0. The van der Waals surface area contributed by atoms with Gasteiger partial charge in [0.05, 0.1) is 6.07 Å². The second-order valence-electron chi connectivity index (χ2n) is 4.96. The van der Waals surface area contributed by atoms with Crippen LogP contribution in [0.5, 0.6) is 0 Å². The van der Waals surface area contributed by atoms with Gasteiger partial charge in [0.25, 0.3) is 0 Å². The van der Waals surface area contributed by atoms with Crippen LogP contribution >= 0.6 is 0 Å². The Labute approximate surface area is 111 Å². The Hall–Kier alpha value is -2.28. The molecular formula is C15H14N2O2. The molecular weight excluding hydrogens is 240 g/mol. The van der Waals surface area contributed by atoms with Crippen LogP contribution in [-0.4, -0.2) is 17.6 Å². The number of fused-ring (bicyclic) bond motifs is 1. The SMILES string of the molecule is N#C[C@@]12CCC[C@@H]1OC(=O)/C(=C\c1ccccc1)N2. The lowest BCUT2D eigenvalue weighted by Crippen LogP contribution is -2.56. The summed E-state index contributed by atoms with van der Waals surface area (Å²) in [5, 5.41) is 12.5. The van der Waals surface area contributed by atoms with Gasteiger partial charge in [-0.3, -0.25) is 0 Å². The summed E-state index contributed by atoms with van der Waals surface area (Å²) in [7, 11) is 0. The lowest BCUT2D eigenvalue weighted by molar-refractivity contribution is -0.150. The number of carbonyl (C=O) groups is 1. The molecule has 1 N–H and O–H groups in total. The zero-order valence-electron chi connectivity index (χ0n) is 10.4. The van der Waals surface area contributed by atoms with Gasteiger partial charge < -0.3 is 10.1 Å². The van der Waals surface area contributed by atoms with E-state index in [0.717, 1.165) is 18.4 Å². The number of esters is 1. The molecule has 1 aliphatic heterocycles. The molecule has 1 aromatic rings. The summed E-state index contributed by atoms with van der Waals surface area (Å²) < 4.78 is 5.40. The molecule has 4 heteroatoms. The van der Waals surface area contributed by atoms with Crippen molar-refractivity contribution in [2.45, 2.75) is 30.9 Å². The van der Waals surface area contributed by atoms with Crippen LogP contribution in [0.3, 0.4) is 0 Å². The van der Waals surface area contributed by atoms with Gasteiger partial charge in [-0.1, -0.05) is 30.3 Å². The highest BCUT2D eigenvalue weighted by Gasteiger charge is 2.50. The molecule has 1 saturated carbocycles. The van der Waals surface area contributed by atoms with Crippen molar-refractivity contribution in [3.05, 3.63) is 41.6 Å². The van der Waals surface area contributed by atoms with Crippen molar-refractivity contribution in [1.82, 2.24) is 5.32 Å². The molecule has 1 aromatic carbocycles. The van der Waals surface area contributed by atoms with Crippen LogP contribution in [0.2, 0.25) is 0 Å². The molecule has 0 spiro atoms. The molecule has 0 radical (unpaired) electrons. The third kappa shape index (κ3) is 1.97. The van der Waals surface area contributed by atoms with Gasteiger partial charge in [-0.05, 0) is 30.9 Å². The van der Waals surface area contributed by atoms with Gasteiger partial charge in [0.15, 0.2) is 5.54 Å². The lowest BCUT2D eigenvalue weighted by atomic mass is 9.94. The molecule has 0 unspecified atom stereocenters. The maximum atomic E-state index is 11.9. The van der Waals surface area contributed by atoms with Crippen LogP contribution in [0, 0.1) is 11.3 Å². The maximum Gasteiger partial charge on any atom is 0.354 e. The van der Waals surface area contributed by atoms with Crippen LogP contribution in [0.1, 0.15) is 24.8 Å². The number of nitriles is 1. The summed E-state index contributed by atoms with van der Waals surface area (Å²) in [4.78, 5) is 11.9. The van der Waals surface area contributed by atoms with E-state index in [1.807, 2.05) is 30.3 Å². The average Bonchev–Trinajstić information content (AvgIpc) is 2.84.